The van der Waals surface area contributed by atoms with Crippen LogP contribution >= 0.6 is 0 Å². The fraction of sp³-hybridized carbons (Fsp3) is 0.350. The summed E-state index contributed by atoms with van der Waals surface area (Å²) in [4.78, 5) is 11.3. The highest BCUT2D eigenvalue weighted by molar-refractivity contribution is 5.67. The summed E-state index contributed by atoms with van der Waals surface area (Å²) < 4.78 is 43.4. The van der Waals surface area contributed by atoms with Crippen LogP contribution in [0.3, 0.4) is 0 Å². The molecule has 140 valence electrons. The second kappa shape index (κ2) is 9.27. The maximum atomic E-state index is 12.8. The van der Waals surface area contributed by atoms with E-state index in [1.807, 2.05) is 31.2 Å². The first-order valence-corrected chi connectivity index (χ1v) is 8.53. The average Bonchev–Trinajstić information content (AvgIpc) is 2.61. The van der Waals surface area contributed by atoms with E-state index in [2.05, 4.69) is 5.32 Å². The fourth-order valence-electron chi connectivity index (χ4n) is 2.46. The molecule has 0 aliphatic rings. The zero-order valence-corrected chi connectivity index (χ0v) is 14.6. The van der Waals surface area contributed by atoms with Crippen molar-refractivity contribution in [3.05, 3.63) is 70.8 Å². The summed E-state index contributed by atoms with van der Waals surface area (Å²) in [7, 11) is 0. The second-order valence-corrected chi connectivity index (χ2v) is 6.00. The SMILES string of the molecule is CCCNC(=O)OCCc1ccc(Cc2cccc(C(F)(F)F)c2)cc1. The van der Waals surface area contributed by atoms with Crippen molar-refractivity contribution in [1.29, 1.82) is 0 Å². The highest BCUT2D eigenvalue weighted by Crippen LogP contribution is 2.30. The van der Waals surface area contributed by atoms with Gasteiger partial charge >= 0.3 is 12.3 Å². The topological polar surface area (TPSA) is 38.3 Å². The van der Waals surface area contributed by atoms with Gasteiger partial charge in [-0.15, -0.1) is 0 Å². The van der Waals surface area contributed by atoms with Crippen LogP contribution in [0.4, 0.5) is 18.0 Å². The molecule has 3 nitrogen and oxygen atoms in total. The van der Waals surface area contributed by atoms with Crippen molar-refractivity contribution in [1.82, 2.24) is 5.32 Å². The van der Waals surface area contributed by atoms with Crippen molar-refractivity contribution >= 4 is 6.09 Å². The Morgan fingerprint density at radius 3 is 2.38 bits per heavy atom. The summed E-state index contributed by atoms with van der Waals surface area (Å²) in [5.41, 5.74) is 1.91. The van der Waals surface area contributed by atoms with Gasteiger partial charge < -0.3 is 10.1 Å². The first-order valence-electron chi connectivity index (χ1n) is 8.53. The molecule has 1 N–H and O–H groups in total. The van der Waals surface area contributed by atoms with E-state index < -0.39 is 17.8 Å². The minimum absolute atomic E-state index is 0.280. The third kappa shape index (κ3) is 6.43. The van der Waals surface area contributed by atoms with E-state index in [4.69, 9.17) is 4.74 Å². The predicted octanol–water partition coefficient (Wildman–Crippen LogP) is 4.97. The van der Waals surface area contributed by atoms with E-state index in [1.165, 1.54) is 12.1 Å². The van der Waals surface area contributed by atoms with Gasteiger partial charge in [0.1, 0.15) is 0 Å². The van der Waals surface area contributed by atoms with Crippen molar-refractivity contribution in [2.24, 2.45) is 0 Å². The average molecular weight is 365 g/mol. The smallest absolute Gasteiger partial charge is 0.416 e. The van der Waals surface area contributed by atoms with Gasteiger partial charge in [-0.25, -0.2) is 4.79 Å². The lowest BCUT2D eigenvalue weighted by atomic mass is 10.0. The summed E-state index contributed by atoms with van der Waals surface area (Å²) in [6, 6.07) is 12.9. The molecule has 0 atom stereocenters. The molecule has 1 amide bonds. The zero-order chi connectivity index (χ0) is 19.0. The van der Waals surface area contributed by atoms with Crippen LogP contribution in [0.2, 0.25) is 0 Å². The van der Waals surface area contributed by atoms with Crippen LogP contribution in [-0.4, -0.2) is 19.2 Å². The molecule has 2 aromatic carbocycles. The Kier molecular flexibility index (Phi) is 7.06. The van der Waals surface area contributed by atoms with E-state index in [0.29, 0.717) is 24.9 Å². The van der Waals surface area contributed by atoms with Gasteiger partial charge in [0.25, 0.3) is 0 Å². The van der Waals surface area contributed by atoms with E-state index >= 15 is 0 Å². The minimum atomic E-state index is -4.33. The highest BCUT2D eigenvalue weighted by atomic mass is 19.4. The van der Waals surface area contributed by atoms with Crippen molar-refractivity contribution < 1.29 is 22.7 Å². The van der Waals surface area contributed by atoms with E-state index in [-0.39, 0.29) is 6.61 Å². The van der Waals surface area contributed by atoms with Crippen LogP contribution in [0.5, 0.6) is 0 Å². The molecule has 2 rings (SSSR count). The predicted molar refractivity (Wildman–Crippen MR) is 94.0 cm³/mol. The lowest BCUT2D eigenvalue weighted by Crippen LogP contribution is -2.25. The number of ether oxygens (including phenoxy) is 1. The number of hydrogen-bond acceptors (Lipinski definition) is 2. The number of benzene rings is 2. The Morgan fingerprint density at radius 1 is 1.04 bits per heavy atom. The number of alkyl carbamates (subject to hydrolysis) is 1. The van der Waals surface area contributed by atoms with Crippen molar-refractivity contribution in [3.63, 3.8) is 0 Å². The molecule has 0 fully saturated rings. The third-order valence-corrected chi connectivity index (χ3v) is 3.83. The van der Waals surface area contributed by atoms with Gasteiger partial charge in [0, 0.05) is 13.0 Å². The summed E-state index contributed by atoms with van der Waals surface area (Å²) in [5, 5.41) is 2.63. The summed E-state index contributed by atoms with van der Waals surface area (Å²) in [6.45, 7) is 2.83. The van der Waals surface area contributed by atoms with Crippen LogP contribution in [0, 0.1) is 0 Å². The monoisotopic (exact) mass is 365 g/mol. The molecule has 0 aliphatic heterocycles. The lowest BCUT2D eigenvalue weighted by Gasteiger charge is -2.09. The summed E-state index contributed by atoms with van der Waals surface area (Å²) >= 11 is 0. The quantitative estimate of drug-likeness (QED) is 0.752. The second-order valence-electron chi connectivity index (χ2n) is 6.00. The molecule has 0 radical (unpaired) electrons. The van der Waals surface area contributed by atoms with Crippen molar-refractivity contribution in [2.45, 2.75) is 32.4 Å². The minimum Gasteiger partial charge on any atom is -0.449 e. The van der Waals surface area contributed by atoms with Crippen molar-refractivity contribution in [2.75, 3.05) is 13.2 Å². The number of carbonyl (C=O) groups excluding carboxylic acids is 1. The number of alkyl halides is 3. The molecule has 0 spiro atoms. The molecule has 0 saturated heterocycles. The van der Waals surface area contributed by atoms with Gasteiger partial charge in [-0.3, -0.25) is 0 Å². The van der Waals surface area contributed by atoms with Gasteiger partial charge in [-0.1, -0.05) is 49.4 Å². The standard InChI is InChI=1S/C20H22F3NO2/c1-2-11-24-19(25)26-12-10-15-6-8-16(9-7-15)13-17-4-3-5-18(14-17)20(21,22)23/h3-9,14H,2,10-13H2,1H3,(H,24,25). The Balaban J connectivity index is 1.87. The van der Waals surface area contributed by atoms with E-state index in [0.717, 1.165) is 23.6 Å². The normalized spacial score (nSPS) is 11.2. The number of amides is 1. The number of halogens is 3. The molecule has 0 aromatic heterocycles. The fourth-order valence-corrected chi connectivity index (χ4v) is 2.46. The summed E-state index contributed by atoms with van der Waals surface area (Å²) in [5.74, 6) is 0. The van der Waals surface area contributed by atoms with Crippen LogP contribution in [0.25, 0.3) is 0 Å². The molecular formula is C20H22F3NO2. The van der Waals surface area contributed by atoms with Gasteiger partial charge in [0.15, 0.2) is 0 Å². The molecular weight excluding hydrogens is 343 g/mol. The molecule has 6 heteroatoms. The molecule has 0 saturated carbocycles. The van der Waals surface area contributed by atoms with Crippen LogP contribution < -0.4 is 5.32 Å². The number of carbonyl (C=O) groups is 1. The Bertz CT molecular complexity index is 712. The first kappa shape index (κ1) is 19.8. The van der Waals surface area contributed by atoms with Gasteiger partial charge in [-0.2, -0.15) is 13.2 Å². The maximum absolute atomic E-state index is 12.8. The molecule has 0 unspecified atom stereocenters. The number of nitrogens with one attached hydrogen (secondary N) is 1. The third-order valence-electron chi connectivity index (χ3n) is 3.83. The van der Waals surface area contributed by atoms with E-state index in [1.54, 1.807) is 6.07 Å². The molecule has 26 heavy (non-hydrogen) atoms. The zero-order valence-electron chi connectivity index (χ0n) is 14.6. The van der Waals surface area contributed by atoms with Gasteiger partial charge in [0.05, 0.1) is 12.2 Å². The Labute approximate surface area is 151 Å². The molecule has 0 aliphatic carbocycles. The van der Waals surface area contributed by atoms with E-state index in [9.17, 15) is 18.0 Å². The van der Waals surface area contributed by atoms with Crippen LogP contribution in [0.1, 0.15) is 35.6 Å². The molecule has 0 bridgehead atoms. The van der Waals surface area contributed by atoms with Gasteiger partial charge in [-0.05, 0) is 35.6 Å². The summed E-state index contributed by atoms with van der Waals surface area (Å²) in [6.07, 6.45) is -2.89. The Hall–Kier alpha value is -2.50. The van der Waals surface area contributed by atoms with Gasteiger partial charge in [0.2, 0.25) is 0 Å². The Morgan fingerprint density at radius 2 is 1.73 bits per heavy atom. The molecule has 2 aromatic rings. The largest absolute Gasteiger partial charge is 0.449 e. The number of hydrogen-bond donors (Lipinski definition) is 1. The lowest BCUT2D eigenvalue weighted by molar-refractivity contribution is -0.137. The van der Waals surface area contributed by atoms with Crippen molar-refractivity contribution in [3.8, 4) is 0 Å². The maximum Gasteiger partial charge on any atom is 0.416 e. The highest BCUT2D eigenvalue weighted by Gasteiger charge is 2.30. The number of rotatable bonds is 7. The first-order chi connectivity index (χ1) is 12.4. The van der Waals surface area contributed by atoms with Crippen LogP contribution in [-0.2, 0) is 23.8 Å². The molecule has 0 heterocycles. The van der Waals surface area contributed by atoms with Crippen LogP contribution in [0.15, 0.2) is 48.5 Å².